The smallest absolute Gasteiger partial charge is 0.0590 e. The van der Waals surface area contributed by atoms with Crippen molar-refractivity contribution in [2.45, 2.75) is 0 Å². The van der Waals surface area contributed by atoms with Gasteiger partial charge in [-0.3, -0.25) is 5.01 Å². The lowest BCUT2D eigenvalue weighted by Gasteiger charge is -2.12. The fourth-order valence-electron chi connectivity index (χ4n) is 1.34. The molecule has 1 aromatic carbocycles. The average Bonchev–Trinajstić information content (AvgIpc) is 2.80. The molecule has 1 aliphatic carbocycles. The topological polar surface area (TPSA) is 15.6 Å². The molecule has 5 radical (unpaired) electrons. The molecule has 2 heteroatoms. The lowest BCUT2D eigenvalue weighted by Crippen LogP contribution is -2.09. The zero-order chi connectivity index (χ0) is 10.5. The van der Waals surface area contributed by atoms with Crippen LogP contribution in [0.15, 0.2) is 35.4 Å². The summed E-state index contributed by atoms with van der Waals surface area (Å²) in [5, 5.41) is 6.20. The second-order valence-electron chi connectivity index (χ2n) is 3.32. The van der Waals surface area contributed by atoms with Crippen LogP contribution in [0.5, 0.6) is 0 Å². The van der Waals surface area contributed by atoms with Gasteiger partial charge in [-0.1, -0.05) is 18.2 Å². The van der Waals surface area contributed by atoms with E-state index in [9.17, 15) is 0 Å². The highest BCUT2D eigenvalue weighted by molar-refractivity contribution is 5.83. The van der Waals surface area contributed by atoms with Crippen molar-refractivity contribution in [1.82, 2.24) is 0 Å². The third kappa shape index (κ3) is 2.82. The van der Waals surface area contributed by atoms with E-state index in [4.69, 9.17) is 0 Å². The van der Waals surface area contributed by atoms with Gasteiger partial charge < -0.3 is 0 Å². The summed E-state index contributed by atoms with van der Waals surface area (Å²) in [6.07, 6.45) is 9.92. The van der Waals surface area contributed by atoms with Gasteiger partial charge in [-0.15, -0.1) is 0 Å². The first-order valence-corrected chi connectivity index (χ1v) is 4.91. The summed E-state index contributed by atoms with van der Waals surface area (Å²) in [5.41, 5.74) is 1.08. The monoisotopic (exact) mass is 197 g/mol. The number of anilines is 1. The molecule has 0 unspecified atom stereocenters. The largest absolute Gasteiger partial charge is 0.269 e. The minimum absolute atomic E-state index is 1.08. The fourth-order valence-corrected chi connectivity index (χ4v) is 1.34. The highest BCUT2D eigenvalue weighted by atomic mass is 15.4. The highest BCUT2D eigenvalue weighted by Crippen LogP contribution is 2.21. The predicted octanol–water partition coefficient (Wildman–Crippen LogP) is 2.51. The molecule has 1 aliphatic rings. The van der Waals surface area contributed by atoms with Crippen LogP contribution in [0.2, 0.25) is 0 Å². The lowest BCUT2D eigenvalue weighted by molar-refractivity contribution is 1.02. The summed E-state index contributed by atoms with van der Waals surface area (Å²) in [5.74, 6) is 1.12. The Bertz CT molecular complexity index is 313. The molecule has 2 rings (SSSR count). The van der Waals surface area contributed by atoms with Crippen molar-refractivity contribution in [3.05, 3.63) is 61.9 Å². The Morgan fingerprint density at radius 2 is 1.73 bits per heavy atom. The summed E-state index contributed by atoms with van der Waals surface area (Å²) in [6.45, 7) is 0. The van der Waals surface area contributed by atoms with Gasteiger partial charge in [0.25, 0.3) is 0 Å². The van der Waals surface area contributed by atoms with Crippen molar-refractivity contribution >= 4 is 11.9 Å². The van der Waals surface area contributed by atoms with E-state index in [2.05, 4.69) is 5.10 Å². The summed E-state index contributed by atoms with van der Waals surface area (Å²) in [4.78, 5) is 0. The maximum absolute atomic E-state index is 4.35. The van der Waals surface area contributed by atoms with Crippen LogP contribution in [0, 0.1) is 31.6 Å². The zero-order valence-corrected chi connectivity index (χ0v) is 8.67. The molecule has 0 spiro atoms. The van der Waals surface area contributed by atoms with Crippen LogP contribution in [-0.2, 0) is 0 Å². The molecule has 0 saturated heterocycles. The van der Waals surface area contributed by atoms with Crippen molar-refractivity contribution in [2.24, 2.45) is 5.10 Å². The van der Waals surface area contributed by atoms with Crippen LogP contribution in [0.1, 0.15) is 0 Å². The Hall–Kier alpha value is -1.31. The van der Waals surface area contributed by atoms with Crippen LogP contribution in [0.3, 0.4) is 0 Å². The molecular formula is C13H13N2. The van der Waals surface area contributed by atoms with Gasteiger partial charge in [0.05, 0.1) is 5.69 Å². The molecule has 0 atom stereocenters. The van der Waals surface area contributed by atoms with Gasteiger partial charge in [-0.25, -0.2) is 0 Å². The maximum Gasteiger partial charge on any atom is 0.0590 e. The Morgan fingerprint density at radius 1 is 1.07 bits per heavy atom. The number of nitrogens with zero attached hydrogens (tertiary/aromatic N) is 2. The first kappa shape index (κ1) is 10.2. The van der Waals surface area contributed by atoms with Gasteiger partial charge in [-0.2, -0.15) is 5.10 Å². The van der Waals surface area contributed by atoms with E-state index in [1.165, 1.54) is 0 Å². The van der Waals surface area contributed by atoms with E-state index < -0.39 is 0 Å². The predicted molar refractivity (Wildman–Crippen MR) is 63.8 cm³/mol. The van der Waals surface area contributed by atoms with Crippen LogP contribution in [0.25, 0.3) is 0 Å². The molecule has 0 bridgehead atoms. The third-order valence-electron chi connectivity index (χ3n) is 2.20. The van der Waals surface area contributed by atoms with Gasteiger partial charge in [0.2, 0.25) is 0 Å². The molecule has 75 valence electrons. The van der Waals surface area contributed by atoms with Crippen molar-refractivity contribution in [2.75, 3.05) is 12.1 Å². The number of hydrogen-bond donors (Lipinski definition) is 0. The van der Waals surface area contributed by atoms with Crippen LogP contribution >= 0.6 is 0 Å². The zero-order valence-electron chi connectivity index (χ0n) is 8.67. The van der Waals surface area contributed by atoms with Gasteiger partial charge in [0.15, 0.2) is 0 Å². The molecule has 2 nitrogen and oxygen atoms in total. The third-order valence-corrected chi connectivity index (χ3v) is 2.20. The standard InChI is InChI=1S/C13H13N2/c1-15(13-9-3-2-4-10-13)14-11-12-7-5-6-8-12/h2-11H,1H3/b14-11+. The molecule has 0 aliphatic heterocycles. The van der Waals surface area contributed by atoms with Crippen molar-refractivity contribution in [3.63, 3.8) is 0 Å². The Balaban J connectivity index is 1.94. The van der Waals surface area contributed by atoms with E-state index in [0.717, 1.165) is 11.6 Å². The van der Waals surface area contributed by atoms with E-state index in [1.807, 2.05) is 74.3 Å². The van der Waals surface area contributed by atoms with Gasteiger partial charge in [0.1, 0.15) is 0 Å². The normalized spacial score (nSPS) is 17.4. The summed E-state index contributed by atoms with van der Waals surface area (Å²) in [6, 6.07) is 10.1. The van der Waals surface area contributed by atoms with Crippen LogP contribution in [-0.4, -0.2) is 13.3 Å². The quantitative estimate of drug-likeness (QED) is 0.537. The van der Waals surface area contributed by atoms with E-state index in [0.29, 0.717) is 0 Å². The molecule has 1 saturated carbocycles. The molecule has 0 aromatic heterocycles. The SMILES string of the molecule is CN(/N=C/[C]1[CH][CH][CH][CH]1)c1ccccc1. The summed E-state index contributed by atoms with van der Waals surface area (Å²) in [7, 11) is 1.94. The second-order valence-corrected chi connectivity index (χ2v) is 3.32. The van der Waals surface area contributed by atoms with E-state index in [1.54, 1.807) is 0 Å². The fraction of sp³-hybridized carbons (Fsp3) is 0.0769. The molecule has 0 N–H and O–H groups in total. The number of hydrazone groups is 1. The lowest BCUT2D eigenvalue weighted by atomic mass is 10.1. The minimum atomic E-state index is 1.08. The number of rotatable bonds is 3. The van der Waals surface area contributed by atoms with E-state index in [-0.39, 0.29) is 0 Å². The molecular weight excluding hydrogens is 184 g/mol. The van der Waals surface area contributed by atoms with Crippen LogP contribution < -0.4 is 5.01 Å². The second kappa shape index (κ2) is 4.96. The Morgan fingerprint density at radius 3 is 2.40 bits per heavy atom. The average molecular weight is 197 g/mol. The molecule has 15 heavy (non-hydrogen) atoms. The number of benzene rings is 1. The summed E-state index contributed by atoms with van der Waals surface area (Å²) < 4.78 is 0. The molecule has 0 heterocycles. The molecule has 1 fully saturated rings. The van der Waals surface area contributed by atoms with Gasteiger partial charge in [-0.05, 0) is 37.8 Å². The maximum atomic E-state index is 4.35. The van der Waals surface area contributed by atoms with Crippen molar-refractivity contribution < 1.29 is 0 Å². The Kier molecular flexibility index (Phi) is 3.38. The number of para-hydroxylation sites is 1. The highest BCUT2D eigenvalue weighted by Gasteiger charge is 2.14. The Labute approximate surface area is 91.6 Å². The van der Waals surface area contributed by atoms with Gasteiger partial charge in [0, 0.05) is 19.2 Å². The van der Waals surface area contributed by atoms with Crippen LogP contribution in [0.4, 0.5) is 5.69 Å². The minimum Gasteiger partial charge on any atom is -0.269 e. The molecule has 0 amide bonds. The van der Waals surface area contributed by atoms with Crippen molar-refractivity contribution in [1.29, 1.82) is 0 Å². The van der Waals surface area contributed by atoms with Gasteiger partial charge >= 0.3 is 0 Å². The number of hydrogen-bond acceptors (Lipinski definition) is 2. The first-order valence-electron chi connectivity index (χ1n) is 4.91. The van der Waals surface area contributed by atoms with Crippen molar-refractivity contribution in [3.8, 4) is 0 Å². The molecule has 1 aromatic rings. The first-order chi connectivity index (χ1) is 7.36. The van der Waals surface area contributed by atoms with E-state index >= 15 is 0 Å². The summed E-state index contributed by atoms with van der Waals surface area (Å²) >= 11 is 0.